The summed E-state index contributed by atoms with van der Waals surface area (Å²) in [5.74, 6) is 0.127. The van der Waals surface area contributed by atoms with Gasteiger partial charge in [-0.25, -0.2) is 0 Å². The molecular weight excluding hydrogens is 88.1 g/mol. The van der Waals surface area contributed by atoms with Gasteiger partial charge in [-0.3, -0.25) is 0 Å². The molecule has 0 spiro atoms. The Bertz CT molecular complexity index is 82.2. The summed E-state index contributed by atoms with van der Waals surface area (Å²) in [7, 11) is 0. The van der Waals surface area contributed by atoms with Crippen molar-refractivity contribution in [2.24, 2.45) is 0 Å². The topological polar surface area (TPSA) is 20.2 Å². The Hall–Kier alpha value is -0.720. The molecule has 0 bridgehead atoms. The molecule has 0 aromatic carbocycles. The fraction of sp³-hybridized carbons (Fsp3) is 0.333. The van der Waals surface area contributed by atoms with Crippen LogP contribution in [0.1, 0.15) is 13.3 Å². The Balaban J connectivity index is 3.26. The molecule has 0 rings (SSSR count). The summed E-state index contributed by atoms with van der Waals surface area (Å²) in [5.41, 5.74) is 0. The lowest BCUT2D eigenvalue weighted by Crippen LogP contribution is -1.64. The predicted molar refractivity (Wildman–Crippen MR) is 31.2 cm³/mol. The van der Waals surface area contributed by atoms with Crippen LogP contribution in [-0.4, -0.2) is 5.11 Å². The number of hydrogen-bond acceptors (Lipinski definition) is 1. The quantitative estimate of drug-likeness (QED) is 0.414. The van der Waals surface area contributed by atoms with Crippen LogP contribution in [0.15, 0.2) is 24.5 Å². The van der Waals surface area contributed by atoms with Crippen LogP contribution in [-0.2, 0) is 0 Å². The van der Waals surface area contributed by atoms with E-state index in [0.717, 1.165) is 6.42 Å². The van der Waals surface area contributed by atoms with Crippen LogP contribution in [0.4, 0.5) is 0 Å². The molecule has 7 heavy (non-hydrogen) atoms. The molecule has 1 heteroatoms. The molecule has 0 saturated carbocycles. The zero-order valence-corrected chi connectivity index (χ0v) is 4.52. The summed E-state index contributed by atoms with van der Waals surface area (Å²) < 4.78 is 0. The first-order valence-corrected chi connectivity index (χ1v) is 2.31. The SMILES string of the molecule is C=C(O)C=CCC. The van der Waals surface area contributed by atoms with E-state index in [1.54, 1.807) is 6.08 Å². The Morgan fingerprint density at radius 2 is 2.43 bits per heavy atom. The molecule has 0 saturated heterocycles. The van der Waals surface area contributed by atoms with Crippen molar-refractivity contribution in [3.05, 3.63) is 24.5 Å². The average Bonchev–Trinajstić information content (AvgIpc) is 1.61. The van der Waals surface area contributed by atoms with E-state index in [2.05, 4.69) is 6.58 Å². The minimum atomic E-state index is 0.127. The Morgan fingerprint density at radius 1 is 1.86 bits per heavy atom. The number of aliphatic hydroxyl groups excluding tert-OH is 1. The highest BCUT2D eigenvalue weighted by Crippen LogP contribution is 1.85. The van der Waals surface area contributed by atoms with Gasteiger partial charge in [0.05, 0.1) is 0 Å². The van der Waals surface area contributed by atoms with E-state index >= 15 is 0 Å². The molecular formula is C6H10O. The largest absolute Gasteiger partial charge is 0.509 e. The van der Waals surface area contributed by atoms with Gasteiger partial charge in [-0.15, -0.1) is 0 Å². The van der Waals surface area contributed by atoms with E-state index < -0.39 is 0 Å². The van der Waals surface area contributed by atoms with Gasteiger partial charge < -0.3 is 5.11 Å². The van der Waals surface area contributed by atoms with Gasteiger partial charge in [-0.2, -0.15) is 0 Å². The highest BCUT2D eigenvalue weighted by atomic mass is 16.3. The number of hydrogen-bond donors (Lipinski definition) is 1. The lowest BCUT2D eigenvalue weighted by atomic mass is 10.4. The lowest BCUT2D eigenvalue weighted by Gasteiger charge is -1.79. The molecule has 0 amide bonds. The third-order valence-electron chi connectivity index (χ3n) is 0.546. The molecule has 1 nitrogen and oxygen atoms in total. The predicted octanol–water partition coefficient (Wildman–Crippen LogP) is 2.02. The van der Waals surface area contributed by atoms with E-state index in [1.807, 2.05) is 13.0 Å². The number of rotatable bonds is 2. The zero-order valence-electron chi connectivity index (χ0n) is 4.52. The van der Waals surface area contributed by atoms with Gasteiger partial charge in [0.25, 0.3) is 0 Å². The lowest BCUT2D eigenvalue weighted by molar-refractivity contribution is 0.435. The zero-order chi connectivity index (χ0) is 5.70. The third-order valence-corrected chi connectivity index (χ3v) is 0.546. The summed E-state index contributed by atoms with van der Waals surface area (Å²) in [6.45, 7) is 5.26. The van der Waals surface area contributed by atoms with Crippen molar-refractivity contribution >= 4 is 0 Å². The van der Waals surface area contributed by atoms with Crippen LogP contribution in [0.3, 0.4) is 0 Å². The number of allylic oxidation sites excluding steroid dienone is 2. The minimum absolute atomic E-state index is 0.127. The van der Waals surface area contributed by atoms with Gasteiger partial charge in [-0.1, -0.05) is 19.6 Å². The second-order valence-electron chi connectivity index (χ2n) is 1.30. The number of aliphatic hydroxyl groups is 1. The van der Waals surface area contributed by atoms with Crippen LogP contribution < -0.4 is 0 Å². The van der Waals surface area contributed by atoms with Crippen molar-refractivity contribution in [3.63, 3.8) is 0 Å². The minimum Gasteiger partial charge on any atom is -0.509 e. The first kappa shape index (κ1) is 6.28. The Kier molecular flexibility index (Phi) is 3.11. The molecule has 0 radical (unpaired) electrons. The van der Waals surface area contributed by atoms with E-state index in [9.17, 15) is 0 Å². The molecule has 40 valence electrons. The summed E-state index contributed by atoms with van der Waals surface area (Å²) in [6, 6.07) is 0. The maximum absolute atomic E-state index is 8.40. The van der Waals surface area contributed by atoms with Crippen LogP contribution in [0, 0.1) is 0 Å². The van der Waals surface area contributed by atoms with Crippen molar-refractivity contribution in [2.45, 2.75) is 13.3 Å². The molecule has 0 aliphatic rings. The highest BCUT2D eigenvalue weighted by Gasteiger charge is 1.70. The smallest absolute Gasteiger partial charge is 0.108 e. The molecule has 0 unspecified atom stereocenters. The summed E-state index contributed by atoms with van der Waals surface area (Å²) in [4.78, 5) is 0. The van der Waals surface area contributed by atoms with Crippen molar-refractivity contribution in [3.8, 4) is 0 Å². The van der Waals surface area contributed by atoms with Gasteiger partial charge in [0, 0.05) is 0 Å². The van der Waals surface area contributed by atoms with E-state index in [4.69, 9.17) is 5.11 Å². The maximum atomic E-state index is 8.40. The molecule has 0 aromatic heterocycles. The second-order valence-corrected chi connectivity index (χ2v) is 1.30. The molecule has 1 N–H and O–H groups in total. The van der Waals surface area contributed by atoms with Crippen molar-refractivity contribution in [1.29, 1.82) is 0 Å². The van der Waals surface area contributed by atoms with E-state index in [-0.39, 0.29) is 5.76 Å². The monoisotopic (exact) mass is 98.1 g/mol. The second kappa shape index (κ2) is 3.47. The van der Waals surface area contributed by atoms with Gasteiger partial charge in [0.15, 0.2) is 0 Å². The van der Waals surface area contributed by atoms with Crippen molar-refractivity contribution in [1.82, 2.24) is 0 Å². The first-order chi connectivity index (χ1) is 3.27. The highest BCUT2D eigenvalue weighted by molar-refractivity contribution is 5.04. The van der Waals surface area contributed by atoms with Crippen LogP contribution in [0.25, 0.3) is 0 Å². The Morgan fingerprint density at radius 3 is 2.57 bits per heavy atom. The third kappa shape index (κ3) is 5.28. The van der Waals surface area contributed by atoms with Crippen LogP contribution >= 0.6 is 0 Å². The molecule has 0 atom stereocenters. The standard InChI is InChI=1S/C6H10O/c1-3-4-5-6(2)7/h4-5,7H,2-3H2,1H3. The fourth-order valence-corrected chi connectivity index (χ4v) is 0.254. The van der Waals surface area contributed by atoms with Gasteiger partial charge in [-0.05, 0) is 12.5 Å². The maximum Gasteiger partial charge on any atom is 0.108 e. The molecule has 0 aromatic rings. The molecule has 0 aliphatic carbocycles. The molecule has 0 fully saturated rings. The van der Waals surface area contributed by atoms with Crippen molar-refractivity contribution < 1.29 is 5.11 Å². The van der Waals surface area contributed by atoms with Crippen LogP contribution in [0.2, 0.25) is 0 Å². The summed E-state index contributed by atoms with van der Waals surface area (Å²) in [6.07, 6.45) is 4.38. The first-order valence-electron chi connectivity index (χ1n) is 2.31. The molecule has 0 aliphatic heterocycles. The van der Waals surface area contributed by atoms with E-state index in [1.165, 1.54) is 0 Å². The van der Waals surface area contributed by atoms with Gasteiger partial charge >= 0.3 is 0 Å². The van der Waals surface area contributed by atoms with Crippen LogP contribution in [0.5, 0.6) is 0 Å². The van der Waals surface area contributed by atoms with Gasteiger partial charge in [0.1, 0.15) is 5.76 Å². The summed E-state index contributed by atoms with van der Waals surface area (Å²) in [5, 5.41) is 8.40. The normalized spacial score (nSPS) is 9.86. The average molecular weight is 98.1 g/mol. The van der Waals surface area contributed by atoms with E-state index in [0.29, 0.717) is 0 Å². The Labute approximate surface area is 44.0 Å². The van der Waals surface area contributed by atoms with Gasteiger partial charge in [0.2, 0.25) is 0 Å². The summed E-state index contributed by atoms with van der Waals surface area (Å²) >= 11 is 0. The fourth-order valence-electron chi connectivity index (χ4n) is 0.254. The molecule has 0 heterocycles. The van der Waals surface area contributed by atoms with Crippen molar-refractivity contribution in [2.75, 3.05) is 0 Å².